The fraction of sp³-hybridized carbons (Fsp3) is 0.385. The summed E-state index contributed by atoms with van der Waals surface area (Å²) in [5.41, 5.74) is 7.40. The number of nitrogens with two attached hydrogens (primary N) is 1. The minimum atomic E-state index is -3.60. The number of sulfonamides is 1. The van der Waals surface area contributed by atoms with E-state index < -0.39 is 10.0 Å². The first kappa shape index (κ1) is 15.6. The summed E-state index contributed by atoms with van der Waals surface area (Å²) in [6, 6.07) is 4.93. The van der Waals surface area contributed by atoms with Gasteiger partial charge in [-0.25, -0.2) is 13.1 Å². The first-order chi connectivity index (χ1) is 9.97. The number of nitrogens with one attached hydrogen (secondary N) is 1. The summed E-state index contributed by atoms with van der Waals surface area (Å²) < 4.78 is 28.9. The van der Waals surface area contributed by atoms with Crippen molar-refractivity contribution in [3.8, 4) is 0 Å². The molecule has 0 aliphatic rings. The van der Waals surface area contributed by atoms with Crippen LogP contribution in [0.1, 0.15) is 23.9 Å². The van der Waals surface area contributed by atoms with Crippen LogP contribution in [0.5, 0.6) is 0 Å². The number of benzene rings is 1. The second kappa shape index (κ2) is 6.33. The SMILES string of the molecule is CCn1cnnc1CNS(=O)(=O)c1ccc(C)c(CN)c1. The van der Waals surface area contributed by atoms with Crippen molar-refractivity contribution in [2.24, 2.45) is 5.73 Å². The first-order valence-electron chi connectivity index (χ1n) is 6.64. The molecule has 1 heterocycles. The summed E-state index contributed by atoms with van der Waals surface area (Å²) in [5, 5.41) is 7.66. The lowest BCUT2D eigenvalue weighted by atomic mass is 10.1. The van der Waals surface area contributed by atoms with Crippen LogP contribution in [0.3, 0.4) is 0 Å². The fourth-order valence-corrected chi connectivity index (χ4v) is 2.99. The zero-order valence-corrected chi connectivity index (χ0v) is 12.9. The second-order valence-corrected chi connectivity index (χ2v) is 6.42. The molecule has 0 radical (unpaired) electrons. The van der Waals surface area contributed by atoms with E-state index in [9.17, 15) is 8.42 Å². The van der Waals surface area contributed by atoms with Crippen LogP contribution < -0.4 is 10.5 Å². The summed E-state index contributed by atoms with van der Waals surface area (Å²) in [7, 11) is -3.60. The molecule has 0 bridgehead atoms. The maximum atomic E-state index is 12.3. The normalized spacial score (nSPS) is 11.8. The standard InChI is InChI=1S/C13H19N5O2S/c1-3-18-9-15-17-13(18)8-16-21(19,20)12-5-4-10(2)11(6-12)7-14/h4-6,9,16H,3,7-8,14H2,1-2H3. The van der Waals surface area contributed by atoms with Gasteiger partial charge in [0, 0.05) is 13.1 Å². The van der Waals surface area contributed by atoms with Crippen LogP contribution in [0, 0.1) is 6.92 Å². The van der Waals surface area contributed by atoms with Crippen LogP contribution in [0.2, 0.25) is 0 Å². The van der Waals surface area contributed by atoms with Crippen molar-refractivity contribution in [2.75, 3.05) is 0 Å². The van der Waals surface area contributed by atoms with Crippen molar-refractivity contribution in [1.82, 2.24) is 19.5 Å². The molecule has 3 N–H and O–H groups in total. The van der Waals surface area contributed by atoms with E-state index >= 15 is 0 Å². The van der Waals surface area contributed by atoms with Gasteiger partial charge in [-0.2, -0.15) is 0 Å². The minimum Gasteiger partial charge on any atom is -0.326 e. The van der Waals surface area contributed by atoms with Crippen molar-refractivity contribution in [2.45, 2.75) is 38.4 Å². The molecule has 0 unspecified atom stereocenters. The molecule has 0 aliphatic heterocycles. The lowest BCUT2D eigenvalue weighted by Crippen LogP contribution is -2.25. The average Bonchev–Trinajstić information content (AvgIpc) is 2.93. The van der Waals surface area contributed by atoms with Crippen LogP contribution in [0.4, 0.5) is 0 Å². The summed E-state index contributed by atoms with van der Waals surface area (Å²) >= 11 is 0. The monoisotopic (exact) mass is 309 g/mol. The third-order valence-corrected chi connectivity index (χ3v) is 4.71. The van der Waals surface area contributed by atoms with Crippen molar-refractivity contribution < 1.29 is 8.42 Å². The van der Waals surface area contributed by atoms with Crippen molar-refractivity contribution in [3.63, 3.8) is 0 Å². The maximum Gasteiger partial charge on any atom is 0.240 e. The fourth-order valence-electron chi connectivity index (χ4n) is 1.96. The summed E-state index contributed by atoms with van der Waals surface area (Å²) in [5.74, 6) is 0.576. The van der Waals surface area contributed by atoms with E-state index in [2.05, 4.69) is 14.9 Å². The average molecular weight is 309 g/mol. The molecular weight excluding hydrogens is 290 g/mol. The predicted octanol–water partition coefficient (Wildman–Crippen LogP) is 0.544. The van der Waals surface area contributed by atoms with Gasteiger partial charge in [0.2, 0.25) is 10.0 Å². The van der Waals surface area contributed by atoms with Crippen molar-refractivity contribution >= 4 is 10.0 Å². The molecule has 0 aliphatic carbocycles. The maximum absolute atomic E-state index is 12.3. The minimum absolute atomic E-state index is 0.0992. The van der Waals surface area contributed by atoms with E-state index in [0.29, 0.717) is 18.9 Å². The quantitative estimate of drug-likeness (QED) is 0.811. The molecule has 0 saturated heterocycles. The Morgan fingerprint density at radius 1 is 1.38 bits per heavy atom. The van der Waals surface area contributed by atoms with Crippen LogP contribution in [0.25, 0.3) is 0 Å². The number of aryl methyl sites for hydroxylation is 2. The number of hydrogen-bond donors (Lipinski definition) is 2. The van der Waals surface area contributed by atoms with Crippen LogP contribution in [-0.2, 0) is 29.7 Å². The zero-order chi connectivity index (χ0) is 15.5. The molecule has 2 aromatic rings. The topological polar surface area (TPSA) is 103 Å². The third kappa shape index (κ3) is 3.46. The Morgan fingerprint density at radius 3 is 2.81 bits per heavy atom. The van der Waals surface area contributed by atoms with Gasteiger partial charge in [-0.3, -0.25) is 0 Å². The molecule has 0 atom stereocenters. The molecule has 0 amide bonds. The summed E-state index contributed by atoms with van der Waals surface area (Å²) in [4.78, 5) is 0.205. The van der Waals surface area contributed by atoms with E-state index in [-0.39, 0.29) is 11.4 Å². The van der Waals surface area contributed by atoms with Crippen molar-refractivity contribution in [1.29, 1.82) is 0 Å². The largest absolute Gasteiger partial charge is 0.326 e. The molecule has 0 fully saturated rings. The van der Waals surface area contributed by atoms with Crippen LogP contribution in [0.15, 0.2) is 29.4 Å². The molecule has 7 nitrogen and oxygen atoms in total. The predicted molar refractivity (Wildman–Crippen MR) is 78.8 cm³/mol. The molecule has 1 aromatic heterocycles. The smallest absolute Gasteiger partial charge is 0.240 e. The van der Waals surface area contributed by atoms with Crippen molar-refractivity contribution in [3.05, 3.63) is 41.5 Å². The molecule has 8 heteroatoms. The lowest BCUT2D eigenvalue weighted by molar-refractivity contribution is 0.575. The van der Waals surface area contributed by atoms with Gasteiger partial charge >= 0.3 is 0 Å². The molecular formula is C13H19N5O2S. The van der Waals surface area contributed by atoms with Gasteiger partial charge in [0.15, 0.2) is 0 Å². The van der Waals surface area contributed by atoms with Gasteiger partial charge in [0.25, 0.3) is 0 Å². The van der Waals surface area contributed by atoms with Gasteiger partial charge in [-0.05, 0) is 37.1 Å². The number of aromatic nitrogens is 3. The van der Waals surface area contributed by atoms with Crippen LogP contribution in [-0.4, -0.2) is 23.2 Å². The van der Waals surface area contributed by atoms with E-state index in [1.54, 1.807) is 29.1 Å². The zero-order valence-electron chi connectivity index (χ0n) is 12.1. The Labute approximate surface area is 124 Å². The number of nitrogens with zero attached hydrogens (tertiary/aromatic N) is 3. The van der Waals surface area contributed by atoms with Gasteiger partial charge in [0.05, 0.1) is 11.4 Å². The summed E-state index contributed by atoms with van der Waals surface area (Å²) in [6.07, 6.45) is 1.57. The van der Waals surface area contributed by atoms with E-state index in [1.165, 1.54) is 0 Å². The number of rotatable bonds is 6. The Balaban J connectivity index is 2.19. The lowest BCUT2D eigenvalue weighted by Gasteiger charge is -2.10. The Bertz CT molecular complexity index is 724. The molecule has 21 heavy (non-hydrogen) atoms. The first-order valence-corrected chi connectivity index (χ1v) is 8.12. The van der Waals surface area contributed by atoms with E-state index in [0.717, 1.165) is 11.1 Å². The van der Waals surface area contributed by atoms with Gasteiger partial charge in [-0.15, -0.1) is 10.2 Å². The van der Waals surface area contributed by atoms with E-state index in [1.807, 2.05) is 13.8 Å². The Morgan fingerprint density at radius 2 is 2.14 bits per heavy atom. The third-order valence-electron chi connectivity index (χ3n) is 3.31. The Hall–Kier alpha value is -1.77. The van der Waals surface area contributed by atoms with Gasteiger partial charge in [-0.1, -0.05) is 6.07 Å². The highest BCUT2D eigenvalue weighted by atomic mass is 32.2. The van der Waals surface area contributed by atoms with Gasteiger partial charge < -0.3 is 10.3 Å². The summed E-state index contributed by atoms with van der Waals surface area (Å²) in [6.45, 7) is 4.93. The molecule has 0 spiro atoms. The Kier molecular flexibility index (Phi) is 4.71. The molecule has 0 saturated carbocycles. The highest BCUT2D eigenvalue weighted by Crippen LogP contribution is 2.15. The highest BCUT2D eigenvalue weighted by Gasteiger charge is 2.16. The number of hydrogen-bond acceptors (Lipinski definition) is 5. The van der Waals surface area contributed by atoms with Gasteiger partial charge in [0.1, 0.15) is 12.2 Å². The molecule has 1 aromatic carbocycles. The van der Waals surface area contributed by atoms with Crippen LogP contribution >= 0.6 is 0 Å². The highest BCUT2D eigenvalue weighted by molar-refractivity contribution is 7.89. The second-order valence-electron chi connectivity index (χ2n) is 4.65. The van der Waals surface area contributed by atoms with E-state index in [4.69, 9.17) is 5.73 Å². The molecule has 2 rings (SSSR count). The molecule has 114 valence electrons.